The van der Waals surface area contributed by atoms with E-state index in [1.54, 1.807) is 4.90 Å². The van der Waals surface area contributed by atoms with Gasteiger partial charge in [-0.15, -0.1) is 0 Å². The van der Waals surface area contributed by atoms with Crippen molar-refractivity contribution < 1.29 is 17.9 Å². The molecule has 0 radical (unpaired) electrons. The van der Waals surface area contributed by atoms with E-state index in [4.69, 9.17) is 4.74 Å². The molecule has 8 nitrogen and oxygen atoms in total. The zero-order valence-corrected chi connectivity index (χ0v) is 16.9. The largest absolute Gasteiger partial charge is 0.379 e. The van der Waals surface area contributed by atoms with Crippen LogP contribution in [0.2, 0.25) is 0 Å². The van der Waals surface area contributed by atoms with Crippen molar-refractivity contribution in [2.45, 2.75) is 18.0 Å². The van der Waals surface area contributed by atoms with Gasteiger partial charge in [0.25, 0.3) is 10.0 Å². The van der Waals surface area contributed by atoms with Crippen molar-refractivity contribution in [1.82, 2.24) is 18.8 Å². The number of sulfonamides is 1. The smallest absolute Gasteiger partial charge is 0.262 e. The van der Waals surface area contributed by atoms with Crippen molar-refractivity contribution in [3.63, 3.8) is 0 Å². The number of amides is 1. The minimum absolute atomic E-state index is 0.0305. The molecule has 154 valence electrons. The first kappa shape index (κ1) is 19.8. The van der Waals surface area contributed by atoms with Crippen molar-refractivity contribution in [3.8, 4) is 0 Å². The van der Waals surface area contributed by atoms with Gasteiger partial charge in [0, 0.05) is 32.4 Å². The summed E-state index contributed by atoms with van der Waals surface area (Å²) in [5, 5.41) is -0.0305. The predicted molar refractivity (Wildman–Crippen MR) is 107 cm³/mol. The van der Waals surface area contributed by atoms with Crippen LogP contribution in [0.3, 0.4) is 0 Å². The van der Waals surface area contributed by atoms with Crippen LogP contribution in [0, 0.1) is 0 Å². The summed E-state index contributed by atoms with van der Waals surface area (Å²) in [6.07, 6.45) is 5.72. The number of carbonyl (C=O) groups excluding carboxylic acids is 1. The normalized spacial score (nSPS) is 18.5. The quantitative estimate of drug-likeness (QED) is 0.732. The molecule has 0 aliphatic carbocycles. The van der Waals surface area contributed by atoms with Crippen molar-refractivity contribution >= 4 is 21.5 Å². The highest BCUT2D eigenvalue weighted by atomic mass is 32.2. The SMILES string of the molecule is O=C(Cn1cnc(S(=O)(=O)N2CCOCC2)c1)N1CC=C(c2ccccc2)CC1. The van der Waals surface area contributed by atoms with Crippen LogP contribution in [-0.2, 0) is 26.1 Å². The molecular weight excluding hydrogens is 392 g/mol. The van der Waals surface area contributed by atoms with Crippen LogP contribution >= 0.6 is 0 Å². The monoisotopic (exact) mass is 416 g/mol. The van der Waals surface area contributed by atoms with E-state index in [9.17, 15) is 13.2 Å². The lowest BCUT2D eigenvalue weighted by atomic mass is 9.99. The molecule has 0 saturated carbocycles. The number of aromatic nitrogens is 2. The van der Waals surface area contributed by atoms with Crippen molar-refractivity contribution in [2.24, 2.45) is 0 Å². The summed E-state index contributed by atoms with van der Waals surface area (Å²) in [7, 11) is -3.65. The fraction of sp³-hybridized carbons (Fsp3) is 0.400. The number of morpholine rings is 1. The predicted octanol–water partition coefficient (Wildman–Crippen LogP) is 1.22. The Labute approximate surface area is 170 Å². The lowest BCUT2D eigenvalue weighted by Gasteiger charge is -2.27. The summed E-state index contributed by atoms with van der Waals surface area (Å²) in [6, 6.07) is 10.2. The molecule has 1 amide bonds. The summed E-state index contributed by atoms with van der Waals surface area (Å²) in [5.74, 6) is -0.0546. The number of benzene rings is 1. The molecule has 0 unspecified atom stereocenters. The van der Waals surface area contributed by atoms with Gasteiger partial charge in [0.1, 0.15) is 6.54 Å². The van der Waals surface area contributed by atoms with Crippen molar-refractivity contribution in [3.05, 3.63) is 54.5 Å². The van der Waals surface area contributed by atoms with Crippen LogP contribution in [0.4, 0.5) is 0 Å². The third-order valence-corrected chi connectivity index (χ3v) is 6.99. The molecule has 0 bridgehead atoms. The van der Waals surface area contributed by atoms with Gasteiger partial charge in [0.2, 0.25) is 5.91 Å². The number of hydrogen-bond acceptors (Lipinski definition) is 5. The number of hydrogen-bond donors (Lipinski definition) is 0. The topological polar surface area (TPSA) is 84.7 Å². The Kier molecular flexibility index (Phi) is 5.79. The molecule has 1 fully saturated rings. The lowest BCUT2D eigenvalue weighted by molar-refractivity contribution is -0.131. The summed E-state index contributed by atoms with van der Waals surface area (Å²) >= 11 is 0. The molecule has 3 heterocycles. The molecule has 1 saturated heterocycles. The standard InChI is InChI=1S/C20H24N4O4S/c25-20(23-8-6-18(7-9-23)17-4-2-1-3-5-17)15-22-14-19(21-16-22)29(26,27)24-10-12-28-13-11-24/h1-6,14,16H,7-13,15H2. The second-order valence-electron chi connectivity index (χ2n) is 7.09. The molecule has 1 aromatic heterocycles. The fourth-order valence-electron chi connectivity index (χ4n) is 3.54. The Hall–Kier alpha value is -2.49. The summed E-state index contributed by atoms with van der Waals surface area (Å²) < 4.78 is 33.4. The third kappa shape index (κ3) is 4.42. The average molecular weight is 417 g/mol. The Morgan fingerprint density at radius 1 is 1.10 bits per heavy atom. The second-order valence-corrected chi connectivity index (χ2v) is 8.97. The molecule has 2 aromatic rings. The molecule has 1 aromatic carbocycles. The molecular formula is C20H24N4O4S. The van der Waals surface area contributed by atoms with Crippen LogP contribution in [0.25, 0.3) is 5.57 Å². The number of ether oxygens (including phenoxy) is 1. The van der Waals surface area contributed by atoms with Crippen LogP contribution in [0.1, 0.15) is 12.0 Å². The maximum Gasteiger partial charge on any atom is 0.262 e. The highest BCUT2D eigenvalue weighted by Gasteiger charge is 2.28. The maximum absolute atomic E-state index is 12.7. The van der Waals surface area contributed by atoms with Gasteiger partial charge in [-0.25, -0.2) is 13.4 Å². The summed E-state index contributed by atoms with van der Waals surface area (Å²) in [4.78, 5) is 18.4. The second kappa shape index (κ2) is 8.48. The van der Waals surface area contributed by atoms with Gasteiger partial charge in [0.15, 0.2) is 5.03 Å². The highest BCUT2D eigenvalue weighted by molar-refractivity contribution is 7.89. The first-order valence-corrected chi connectivity index (χ1v) is 11.1. The number of nitrogens with zero attached hydrogens (tertiary/aromatic N) is 4. The number of carbonyl (C=O) groups is 1. The van der Waals surface area contributed by atoms with Gasteiger partial charge in [0.05, 0.1) is 19.5 Å². The van der Waals surface area contributed by atoms with Gasteiger partial charge in [-0.05, 0) is 17.6 Å². The molecule has 0 spiro atoms. The summed E-state index contributed by atoms with van der Waals surface area (Å²) in [6.45, 7) is 2.66. The van der Waals surface area contributed by atoms with E-state index < -0.39 is 10.0 Å². The van der Waals surface area contributed by atoms with E-state index in [-0.39, 0.29) is 17.5 Å². The van der Waals surface area contributed by atoms with Crippen LogP contribution < -0.4 is 0 Å². The first-order valence-electron chi connectivity index (χ1n) is 9.66. The Morgan fingerprint density at radius 2 is 1.86 bits per heavy atom. The van der Waals surface area contributed by atoms with E-state index in [2.05, 4.69) is 23.2 Å². The Morgan fingerprint density at radius 3 is 2.55 bits per heavy atom. The van der Waals surface area contributed by atoms with E-state index >= 15 is 0 Å². The molecule has 0 N–H and O–H groups in total. The fourth-order valence-corrected chi connectivity index (χ4v) is 4.89. The molecule has 4 rings (SSSR count). The minimum atomic E-state index is -3.65. The molecule has 9 heteroatoms. The van der Waals surface area contributed by atoms with E-state index in [0.29, 0.717) is 39.4 Å². The average Bonchev–Trinajstić information content (AvgIpc) is 3.24. The molecule has 0 atom stereocenters. The van der Waals surface area contributed by atoms with Gasteiger partial charge in [-0.3, -0.25) is 4.79 Å². The number of imidazole rings is 1. The van der Waals surface area contributed by atoms with Crippen molar-refractivity contribution in [1.29, 1.82) is 0 Å². The van der Waals surface area contributed by atoms with Crippen LogP contribution in [0.15, 0.2) is 54.0 Å². The van der Waals surface area contributed by atoms with Crippen LogP contribution in [-0.4, -0.2) is 72.5 Å². The van der Waals surface area contributed by atoms with Crippen LogP contribution in [0.5, 0.6) is 0 Å². The van der Waals surface area contributed by atoms with E-state index in [1.807, 2.05) is 18.2 Å². The van der Waals surface area contributed by atoms with Crippen molar-refractivity contribution in [2.75, 3.05) is 39.4 Å². The summed E-state index contributed by atoms with van der Waals surface area (Å²) in [5.41, 5.74) is 2.43. The Balaban J connectivity index is 1.38. The first-order chi connectivity index (χ1) is 14.0. The minimum Gasteiger partial charge on any atom is -0.379 e. The van der Waals surface area contributed by atoms with Gasteiger partial charge in [-0.1, -0.05) is 36.4 Å². The zero-order chi connectivity index (χ0) is 20.3. The van der Waals surface area contributed by atoms with Gasteiger partial charge < -0.3 is 14.2 Å². The zero-order valence-electron chi connectivity index (χ0n) is 16.1. The number of rotatable bonds is 5. The Bertz CT molecular complexity index is 994. The third-order valence-electron chi connectivity index (χ3n) is 5.21. The maximum atomic E-state index is 12.7. The molecule has 2 aliphatic heterocycles. The lowest BCUT2D eigenvalue weighted by Crippen LogP contribution is -2.40. The van der Waals surface area contributed by atoms with E-state index in [1.165, 1.54) is 32.5 Å². The van der Waals surface area contributed by atoms with Gasteiger partial charge in [-0.2, -0.15) is 4.31 Å². The molecule has 2 aliphatic rings. The van der Waals surface area contributed by atoms with E-state index in [0.717, 1.165) is 6.42 Å². The highest BCUT2D eigenvalue weighted by Crippen LogP contribution is 2.22. The van der Waals surface area contributed by atoms with Gasteiger partial charge >= 0.3 is 0 Å². The molecule has 29 heavy (non-hydrogen) atoms.